The topological polar surface area (TPSA) is 65.5 Å². The van der Waals surface area contributed by atoms with Gasteiger partial charge in [-0.3, -0.25) is 9.59 Å². The van der Waals surface area contributed by atoms with Crippen LogP contribution in [-0.2, 0) is 4.79 Å². The maximum Gasteiger partial charge on any atom is 0.255 e. The summed E-state index contributed by atoms with van der Waals surface area (Å²) in [5.41, 5.74) is 3.93. The number of rotatable bonds is 3. The Kier molecular flexibility index (Phi) is 5.21. The number of carbonyl (C=O) groups is 2. The SMILES string of the molecule is CC(=O)N1CCN(C(=O)c2ccc(Nc3ccc(C)cc3C)nc2)CC1. The van der Waals surface area contributed by atoms with Crippen LogP contribution in [0.1, 0.15) is 28.4 Å². The number of piperazine rings is 1. The number of anilines is 2. The molecule has 136 valence electrons. The third kappa shape index (κ3) is 4.02. The molecule has 0 spiro atoms. The Morgan fingerprint density at radius 2 is 1.69 bits per heavy atom. The molecule has 1 saturated heterocycles. The lowest BCUT2D eigenvalue weighted by molar-refractivity contribution is -0.130. The van der Waals surface area contributed by atoms with Gasteiger partial charge in [0.2, 0.25) is 5.91 Å². The third-order valence-electron chi connectivity index (χ3n) is 4.67. The molecule has 3 rings (SSSR count). The van der Waals surface area contributed by atoms with Crippen LogP contribution in [0.25, 0.3) is 0 Å². The largest absolute Gasteiger partial charge is 0.340 e. The lowest BCUT2D eigenvalue weighted by atomic mass is 10.1. The van der Waals surface area contributed by atoms with Gasteiger partial charge in [-0.2, -0.15) is 0 Å². The molecule has 6 nitrogen and oxygen atoms in total. The maximum absolute atomic E-state index is 12.6. The molecule has 2 heterocycles. The van der Waals surface area contributed by atoms with Gasteiger partial charge < -0.3 is 15.1 Å². The Labute approximate surface area is 153 Å². The van der Waals surface area contributed by atoms with Gasteiger partial charge in [0.05, 0.1) is 5.56 Å². The zero-order valence-corrected chi connectivity index (χ0v) is 15.5. The van der Waals surface area contributed by atoms with Crippen molar-refractivity contribution in [2.75, 3.05) is 31.5 Å². The summed E-state index contributed by atoms with van der Waals surface area (Å²) in [6, 6.07) is 9.80. The van der Waals surface area contributed by atoms with Crippen molar-refractivity contribution in [3.05, 3.63) is 53.2 Å². The Morgan fingerprint density at radius 3 is 2.27 bits per heavy atom. The molecule has 2 aromatic rings. The second-order valence-corrected chi connectivity index (χ2v) is 6.67. The van der Waals surface area contributed by atoms with Gasteiger partial charge in [-0.1, -0.05) is 17.7 Å². The molecule has 0 radical (unpaired) electrons. The van der Waals surface area contributed by atoms with E-state index in [-0.39, 0.29) is 11.8 Å². The van der Waals surface area contributed by atoms with E-state index in [4.69, 9.17) is 0 Å². The van der Waals surface area contributed by atoms with E-state index in [1.165, 1.54) is 5.56 Å². The first-order valence-electron chi connectivity index (χ1n) is 8.79. The molecule has 1 aliphatic rings. The van der Waals surface area contributed by atoms with Crippen LogP contribution in [0.5, 0.6) is 0 Å². The van der Waals surface area contributed by atoms with Gasteiger partial charge in [0.25, 0.3) is 5.91 Å². The first-order valence-corrected chi connectivity index (χ1v) is 8.79. The average molecular weight is 352 g/mol. The molecular weight excluding hydrogens is 328 g/mol. The minimum Gasteiger partial charge on any atom is -0.340 e. The summed E-state index contributed by atoms with van der Waals surface area (Å²) >= 11 is 0. The minimum atomic E-state index is -0.0428. The molecule has 0 unspecified atom stereocenters. The number of hydrogen-bond acceptors (Lipinski definition) is 4. The van der Waals surface area contributed by atoms with Crippen LogP contribution in [0.3, 0.4) is 0 Å². The van der Waals surface area contributed by atoms with Crippen LogP contribution >= 0.6 is 0 Å². The predicted molar refractivity (Wildman–Crippen MR) is 102 cm³/mol. The quantitative estimate of drug-likeness (QED) is 0.922. The van der Waals surface area contributed by atoms with Crippen molar-refractivity contribution in [2.24, 2.45) is 0 Å². The molecule has 1 aliphatic heterocycles. The molecule has 1 fully saturated rings. The number of amides is 2. The number of aromatic nitrogens is 1. The molecule has 0 saturated carbocycles. The molecule has 6 heteroatoms. The fraction of sp³-hybridized carbons (Fsp3) is 0.350. The van der Waals surface area contributed by atoms with Crippen molar-refractivity contribution < 1.29 is 9.59 Å². The maximum atomic E-state index is 12.6. The van der Waals surface area contributed by atoms with E-state index >= 15 is 0 Å². The van der Waals surface area contributed by atoms with Crippen LogP contribution in [0.2, 0.25) is 0 Å². The van der Waals surface area contributed by atoms with Gasteiger partial charge in [-0.25, -0.2) is 4.98 Å². The summed E-state index contributed by atoms with van der Waals surface area (Å²) in [7, 11) is 0. The van der Waals surface area contributed by atoms with E-state index in [1.807, 2.05) is 25.1 Å². The van der Waals surface area contributed by atoms with Crippen LogP contribution < -0.4 is 5.32 Å². The Hall–Kier alpha value is -2.89. The van der Waals surface area contributed by atoms with Gasteiger partial charge in [-0.15, -0.1) is 0 Å². The highest BCUT2D eigenvalue weighted by Crippen LogP contribution is 2.20. The molecule has 1 N–H and O–H groups in total. The Bertz CT molecular complexity index is 809. The summed E-state index contributed by atoms with van der Waals surface area (Å²) in [6.45, 7) is 7.95. The number of carbonyl (C=O) groups excluding carboxylic acids is 2. The normalized spacial score (nSPS) is 14.3. The first kappa shape index (κ1) is 17.9. The predicted octanol–water partition coefficient (Wildman–Crippen LogP) is 2.75. The average Bonchev–Trinajstić information content (AvgIpc) is 2.64. The Balaban J connectivity index is 1.64. The van der Waals surface area contributed by atoms with E-state index in [2.05, 4.69) is 23.3 Å². The van der Waals surface area contributed by atoms with Crippen LogP contribution in [-0.4, -0.2) is 52.8 Å². The van der Waals surface area contributed by atoms with Gasteiger partial charge in [0, 0.05) is 45.0 Å². The van der Waals surface area contributed by atoms with E-state index in [0.717, 1.165) is 11.3 Å². The molecule has 2 amide bonds. The van der Waals surface area contributed by atoms with E-state index < -0.39 is 0 Å². The van der Waals surface area contributed by atoms with E-state index in [9.17, 15) is 9.59 Å². The summed E-state index contributed by atoms with van der Waals surface area (Å²) in [5, 5.41) is 3.28. The number of hydrogen-bond donors (Lipinski definition) is 1. The number of benzene rings is 1. The lowest BCUT2D eigenvalue weighted by Crippen LogP contribution is -2.50. The van der Waals surface area contributed by atoms with Crippen molar-refractivity contribution in [3.8, 4) is 0 Å². The number of nitrogens with zero attached hydrogens (tertiary/aromatic N) is 3. The summed E-state index contributed by atoms with van der Waals surface area (Å²) < 4.78 is 0. The summed E-state index contributed by atoms with van der Waals surface area (Å²) in [5.74, 6) is 0.717. The van der Waals surface area contributed by atoms with Crippen LogP contribution in [0, 0.1) is 13.8 Å². The van der Waals surface area contributed by atoms with E-state index in [0.29, 0.717) is 37.6 Å². The fourth-order valence-electron chi connectivity index (χ4n) is 3.09. The van der Waals surface area contributed by atoms with Crippen molar-refractivity contribution in [2.45, 2.75) is 20.8 Å². The van der Waals surface area contributed by atoms with Gasteiger partial charge in [0.1, 0.15) is 5.82 Å². The second-order valence-electron chi connectivity index (χ2n) is 6.67. The number of aryl methyl sites for hydroxylation is 2. The number of pyridine rings is 1. The smallest absolute Gasteiger partial charge is 0.255 e. The first-order chi connectivity index (χ1) is 12.4. The highest BCUT2D eigenvalue weighted by molar-refractivity contribution is 5.94. The van der Waals surface area contributed by atoms with Crippen molar-refractivity contribution >= 4 is 23.3 Å². The van der Waals surface area contributed by atoms with Gasteiger partial charge >= 0.3 is 0 Å². The van der Waals surface area contributed by atoms with Crippen LogP contribution in [0.4, 0.5) is 11.5 Å². The summed E-state index contributed by atoms with van der Waals surface area (Å²) in [6.07, 6.45) is 1.60. The molecule has 0 bridgehead atoms. The van der Waals surface area contributed by atoms with E-state index in [1.54, 1.807) is 29.0 Å². The summed E-state index contributed by atoms with van der Waals surface area (Å²) in [4.78, 5) is 31.9. The van der Waals surface area contributed by atoms with Crippen molar-refractivity contribution in [1.29, 1.82) is 0 Å². The second kappa shape index (κ2) is 7.56. The molecular formula is C20H24N4O2. The zero-order chi connectivity index (χ0) is 18.7. The minimum absolute atomic E-state index is 0.0428. The zero-order valence-electron chi connectivity index (χ0n) is 15.5. The van der Waals surface area contributed by atoms with Gasteiger partial charge in [0.15, 0.2) is 0 Å². The molecule has 26 heavy (non-hydrogen) atoms. The van der Waals surface area contributed by atoms with Gasteiger partial charge in [-0.05, 0) is 37.6 Å². The van der Waals surface area contributed by atoms with Crippen molar-refractivity contribution in [3.63, 3.8) is 0 Å². The molecule has 1 aromatic heterocycles. The number of nitrogens with one attached hydrogen (secondary N) is 1. The van der Waals surface area contributed by atoms with Crippen LogP contribution in [0.15, 0.2) is 36.5 Å². The molecule has 1 aromatic carbocycles. The molecule has 0 aliphatic carbocycles. The monoisotopic (exact) mass is 352 g/mol. The third-order valence-corrected chi connectivity index (χ3v) is 4.67. The lowest BCUT2D eigenvalue weighted by Gasteiger charge is -2.34. The highest BCUT2D eigenvalue weighted by atomic mass is 16.2. The standard InChI is InChI=1S/C20H24N4O2/c1-14-4-6-18(15(2)12-14)22-19-7-5-17(13-21-19)20(26)24-10-8-23(9-11-24)16(3)25/h4-7,12-13H,8-11H2,1-3H3,(H,21,22). The highest BCUT2D eigenvalue weighted by Gasteiger charge is 2.23. The van der Waals surface area contributed by atoms with Crippen molar-refractivity contribution in [1.82, 2.24) is 14.8 Å². The Morgan fingerprint density at radius 1 is 1.00 bits per heavy atom. The molecule has 0 atom stereocenters. The fourth-order valence-corrected chi connectivity index (χ4v) is 3.09.